The van der Waals surface area contributed by atoms with Crippen LogP contribution in [0.15, 0.2) is 38.8 Å². The second kappa shape index (κ2) is 12.5. The van der Waals surface area contributed by atoms with E-state index in [0.29, 0.717) is 36.6 Å². The fourth-order valence-corrected chi connectivity index (χ4v) is 7.77. The second-order valence-electron chi connectivity index (χ2n) is 10.4. The van der Waals surface area contributed by atoms with Crippen LogP contribution in [-0.4, -0.2) is 57.5 Å². The molecule has 43 heavy (non-hydrogen) atoms. The van der Waals surface area contributed by atoms with Crippen molar-refractivity contribution in [2.45, 2.75) is 49.8 Å². The monoisotopic (exact) mass is 684 g/mol. The molecule has 0 radical (unpaired) electrons. The van der Waals surface area contributed by atoms with Crippen LogP contribution in [0.5, 0.6) is 0 Å². The average molecular weight is 686 g/mol. The lowest BCUT2D eigenvalue weighted by Crippen LogP contribution is -2.47. The zero-order valence-electron chi connectivity index (χ0n) is 23.0. The van der Waals surface area contributed by atoms with Crippen molar-refractivity contribution in [2.75, 3.05) is 25.1 Å². The van der Waals surface area contributed by atoms with Crippen LogP contribution < -0.4 is 21.3 Å². The second-order valence-corrected chi connectivity index (χ2v) is 15.3. The number of hydrogen-bond donors (Lipinski definition) is 3. The smallest absolute Gasteiger partial charge is 0.316 e. The average Bonchev–Trinajstić information content (AvgIpc) is 2.91. The van der Waals surface area contributed by atoms with Crippen LogP contribution in [0.2, 0.25) is 10.0 Å². The molecule has 10 nitrogen and oxygen atoms in total. The van der Waals surface area contributed by atoms with Gasteiger partial charge in [0.15, 0.2) is 9.84 Å². The summed E-state index contributed by atoms with van der Waals surface area (Å²) in [5.74, 6) is -0.640. The number of benzene rings is 2. The number of fused-ring (bicyclic) bond motifs is 1. The molecule has 1 saturated heterocycles. The number of halogens is 5. The molecule has 17 heteroatoms. The van der Waals surface area contributed by atoms with Gasteiger partial charge >= 0.3 is 11.9 Å². The van der Waals surface area contributed by atoms with Gasteiger partial charge in [-0.25, -0.2) is 26.4 Å². The van der Waals surface area contributed by atoms with Gasteiger partial charge in [-0.1, -0.05) is 30.1 Å². The molecule has 0 spiro atoms. The first-order valence-corrected chi connectivity index (χ1v) is 17.5. The van der Waals surface area contributed by atoms with Gasteiger partial charge < -0.3 is 10.3 Å². The molecule has 1 unspecified atom stereocenters. The van der Waals surface area contributed by atoms with Crippen LogP contribution in [0.4, 0.5) is 13.2 Å². The first kappa shape index (κ1) is 33.5. The minimum absolute atomic E-state index is 0.00385. The van der Waals surface area contributed by atoms with Gasteiger partial charge in [0.05, 0.1) is 44.9 Å². The van der Waals surface area contributed by atoms with E-state index in [1.165, 1.54) is 25.1 Å². The normalized spacial score (nSPS) is 17.3. The first-order chi connectivity index (χ1) is 19.9. The van der Waals surface area contributed by atoms with Crippen molar-refractivity contribution in [1.29, 1.82) is 0 Å². The molecule has 2 aromatic carbocycles. The van der Waals surface area contributed by atoms with Gasteiger partial charge in [0.25, 0.3) is 5.56 Å². The van der Waals surface area contributed by atoms with Gasteiger partial charge in [0, 0.05) is 11.1 Å². The molecule has 0 bridgehead atoms. The highest BCUT2D eigenvalue weighted by molar-refractivity contribution is 7.91. The van der Waals surface area contributed by atoms with Crippen molar-refractivity contribution in [1.82, 2.24) is 19.6 Å². The van der Waals surface area contributed by atoms with E-state index in [1.807, 2.05) is 0 Å². The molecular weight excluding hydrogens is 656 g/mol. The Bertz CT molecular complexity index is 1890. The summed E-state index contributed by atoms with van der Waals surface area (Å²) in [5.41, 5.74) is -4.29. The summed E-state index contributed by atoms with van der Waals surface area (Å²) < 4.78 is 95.8. The summed E-state index contributed by atoms with van der Waals surface area (Å²) in [4.78, 5) is 28.8. The molecular formula is C26H29Cl2F3N4O6S2. The Morgan fingerprint density at radius 1 is 1.14 bits per heavy atom. The number of rotatable bonds is 9. The number of aromatic amines is 1. The van der Waals surface area contributed by atoms with Gasteiger partial charge in [-0.05, 0) is 73.7 Å². The number of piperidine rings is 1. The highest BCUT2D eigenvalue weighted by Gasteiger charge is 2.38. The molecule has 3 aromatic rings. The summed E-state index contributed by atoms with van der Waals surface area (Å²) in [6.07, 6.45) is -3.33. The Morgan fingerprint density at radius 2 is 1.84 bits per heavy atom. The predicted octanol–water partition coefficient (Wildman–Crippen LogP) is 3.32. The van der Waals surface area contributed by atoms with Crippen LogP contribution in [0, 0.1) is 5.92 Å². The highest BCUT2D eigenvalue weighted by atomic mass is 35.5. The zero-order valence-corrected chi connectivity index (χ0v) is 26.2. The minimum atomic E-state index is -5.00. The Balaban J connectivity index is 1.91. The quantitative estimate of drug-likeness (QED) is 0.313. The Morgan fingerprint density at radius 3 is 2.42 bits per heavy atom. The topological polar surface area (TPSA) is 147 Å². The van der Waals surface area contributed by atoms with Gasteiger partial charge in [-0.3, -0.25) is 9.36 Å². The zero-order chi connectivity index (χ0) is 31.9. The maximum absolute atomic E-state index is 14.4. The maximum Gasteiger partial charge on any atom is 0.416 e. The number of H-pyrrole nitrogens is 1. The summed E-state index contributed by atoms with van der Waals surface area (Å²) >= 11 is 12.5. The van der Waals surface area contributed by atoms with Crippen molar-refractivity contribution >= 4 is 54.0 Å². The lowest BCUT2D eigenvalue weighted by atomic mass is 9.86. The maximum atomic E-state index is 14.4. The molecule has 2 atom stereocenters. The Labute approximate surface area is 255 Å². The number of nitrogens with zero attached hydrogens (tertiary/aromatic N) is 1. The fraction of sp³-hybridized carbons (Fsp3) is 0.462. The summed E-state index contributed by atoms with van der Waals surface area (Å²) in [6, 6.07) is 3.42. The van der Waals surface area contributed by atoms with Crippen molar-refractivity contribution in [2.24, 2.45) is 5.92 Å². The van der Waals surface area contributed by atoms with Crippen LogP contribution in [-0.2, 0) is 39.0 Å². The number of alkyl halides is 3. The number of nitrogens with one attached hydrogen (secondary N) is 3. The number of sulfonamides is 1. The molecule has 1 fully saturated rings. The first-order valence-electron chi connectivity index (χ1n) is 13.2. The molecule has 0 amide bonds. The fourth-order valence-electron chi connectivity index (χ4n) is 5.31. The van der Waals surface area contributed by atoms with Crippen molar-refractivity contribution in [3.63, 3.8) is 0 Å². The largest absolute Gasteiger partial charge is 0.416 e. The molecule has 1 aliphatic heterocycles. The van der Waals surface area contributed by atoms with Crippen LogP contribution in [0.25, 0.3) is 10.9 Å². The number of hydrogen-bond acceptors (Lipinski definition) is 7. The van der Waals surface area contributed by atoms with E-state index in [-0.39, 0.29) is 32.7 Å². The van der Waals surface area contributed by atoms with E-state index in [0.717, 1.165) is 6.26 Å². The van der Waals surface area contributed by atoms with Gasteiger partial charge in [-0.15, -0.1) is 0 Å². The van der Waals surface area contributed by atoms with Gasteiger partial charge in [0.2, 0.25) is 10.0 Å². The summed E-state index contributed by atoms with van der Waals surface area (Å²) in [7, 11) is -7.65. The lowest BCUT2D eigenvalue weighted by Gasteiger charge is -2.32. The van der Waals surface area contributed by atoms with Crippen LogP contribution >= 0.6 is 23.2 Å². The van der Waals surface area contributed by atoms with Gasteiger partial charge in [-0.2, -0.15) is 13.2 Å². The molecule has 4 rings (SSSR count). The molecule has 3 N–H and O–H groups in total. The third-order valence-electron chi connectivity index (χ3n) is 7.39. The van der Waals surface area contributed by atoms with Crippen molar-refractivity contribution in [3.05, 3.63) is 71.8 Å². The van der Waals surface area contributed by atoms with Gasteiger partial charge in [0.1, 0.15) is 0 Å². The number of sulfone groups is 1. The van der Waals surface area contributed by atoms with E-state index >= 15 is 0 Å². The third-order valence-corrected chi connectivity index (χ3v) is 10.6. The Hall–Kier alpha value is -2.43. The standard InChI is InChI=1S/C26H29Cl2F3N4O6S2/c1-3-43(40,41)21-7-6-16(27)9-15(21)13-35-24(36)18-10-19(26(29,30)31)17(22(28)23(18)33-25(35)37)11-20(34-42(2,38)39)14-5-4-8-32-12-14/h6-7,9-10,14,20,32,34H,3-5,8,11-13H2,1-2H3,(H,33,37)/t14?,20-/m1/s1. The van der Waals surface area contributed by atoms with E-state index < -0.39 is 77.8 Å². The minimum Gasteiger partial charge on any atom is -0.316 e. The van der Waals surface area contributed by atoms with E-state index in [1.54, 1.807) is 0 Å². The molecule has 0 saturated carbocycles. The van der Waals surface area contributed by atoms with Crippen molar-refractivity contribution in [3.8, 4) is 0 Å². The Kier molecular flexibility index (Phi) is 9.74. The summed E-state index contributed by atoms with van der Waals surface area (Å²) in [6.45, 7) is 1.85. The highest BCUT2D eigenvalue weighted by Crippen LogP contribution is 2.39. The third kappa shape index (κ3) is 7.45. The molecule has 1 aromatic heterocycles. The summed E-state index contributed by atoms with van der Waals surface area (Å²) in [5, 5.41) is 2.12. The lowest BCUT2D eigenvalue weighted by molar-refractivity contribution is -0.138. The van der Waals surface area contributed by atoms with E-state index in [4.69, 9.17) is 23.2 Å². The SMILES string of the molecule is CCS(=O)(=O)c1ccc(Cl)cc1Cn1c(=O)[nH]c2c(Cl)c(C[C@@H](NS(C)(=O)=O)C3CCCNC3)c(C(F)(F)F)cc2c1=O. The molecule has 1 aliphatic rings. The molecule has 236 valence electrons. The van der Waals surface area contributed by atoms with Crippen LogP contribution in [0.3, 0.4) is 0 Å². The molecule has 2 heterocycles. The van der Waals surface area contributed by atoms with E-state index in [2.05, 4.69) is 15.0 Å². The molecule has 0 aliphatic carbocycles. The number of aromatic nitrogens is 2. The van der Waals surface area contributed by atoms with Crippen LogP contribution in [0.1, 0.15) is 36.5 Å². The predicted molar refractivity (Wildman–Crippen MR) is 158 cm³/mol. The van der Waals surface area contributed by atoms with E-state index in [9.17, 15) is 39.6 Å². The van der Waals surface area contributed by atoms with Crippen molar-refractivity contribution < 1.29 is 30.0 Å².